The Morgan fingerprint density at radius 2 is 2.39 bits per heavy atom. The Labute approximate surface area is 106 Å². The molecule has 0 aromatic carbocycles. The predicted octanol–water partition coefficient (Wildman–Crippen LogP) is 1.97. The van der Waals surface area contributed by atoms with Gasteiger partial charge < -0.3 is 9.84 Å². The Hall–Kier alpha value is -2.01. The third kappa shape index (κ3) is 2.81. The zero-order chi connectivity index (χ0) is 12.8. The average molecular weight is 244 g/mol. The van der Waals surface area contributed by atoms with Gasteiger partial charge >= 0.3 is 0 Å². The Kier molecular flexibility index (Phi) is 4.20. The van der Waals surface area contributed by atoms with Crippen LogP contribution in [0.4, 0.5) is 0 Å². The van der Waals surface area contributed by atoms with Gasteiger partial charge in [-0.15, -0.1) is 6.58 Å². The summed E-state index contributed by atoms with van der Waals surface area (Å²) in [5.74, 6) is 1.19. The van der Waals surface area contributed by atoms with E-state index in [-0.39, 0.29) is 0 Å². The van der Waals surface area contributed by atoms with Crippen LogP contribution in [-0.4, -0.2) is 21.7 Å². The molecule has 0 aliphatic rings. The monoisotopic (exact) mass is 244 g/mol. The number of aryl methyl sites for hydroxylation is 1. The van der Waals surface area contributed by atoms with E-state index in [2.05, 4.69) is 33.9 Å². The largest absolute Gasteiger partial charge is 0.338 e. The number of nitrogens with zero attached hydrogens (tertiary/aromatic N) is 3. The van der Waals surface area contributed by atoms with E-state index in [4.69, 9.17) is 4.52 Å². The van der Waals surface area contributed by atoms with Crippen LogP contribution in [-0.2, 0) is 13.0 Å². The molecule has 0 aliphatic heterocycles. The minimum absolute atomic E-state index is 0.547. The highest BCUT2D eigenvalue weighted by molar-refractivity contribution is 5.58. The summed E-state index contributed by atoms with van der Waals surface area (Å²) in [6.45, 7) is 6.97. The lowest BCUT2D eigenvalue weighted by atomic mass is 10.1. The fourth-order valence-electron chi connectivity index (χ4n) is 1.64. The van der Waals surface area contributed by atoms with Crippen molar-refractivity contribution in [3.05, 3.63) is 42.6 Å². The molecule has 0 spiro atoms. The van der Waals surface area contributed by atoms with Crippen LogP contribution in [0.25, 0.3) is 11.4 Å². The van der Waals surface area contributed by atoms with Gasteiger partial charge in [0.25, 0.3) is 0 Å². The van der Waals surface area contributed by atoms with Crippen molar-refractivity contribution < 1.29 is 4.52 Å². The second-order valence-electron chi connectivity index (χ2n) is 3.82. The van der Waals surface area contributed by atoms with Crippen molar-refractivity contribution in [1.82, 2.24) is 20.4 Å². The summed E-state index contributed by atoms with van der Waals surface area (Å²) >= 11 is 0. The minimum atomic E-state index is 0.547. The Bertz CT molecular complexity index is 521. The maximum atomic E-state index is 5.19. The van der Waals surface area contributed by atoms with Crippen LogP contribution >= 0.6 is 0 Å². The Balaban J connectivity index is 2.16. The highest BCUT2D eigenvalue weighted by atomic mass is 16.5. The number of pyridine rings is 1. The summed E-state index contributed by atoms with van der Waals surface area (Å²) < 4.78 is 5.19. The van der Waals surface area contributed by atoms with E-state index >= 15 is 0 Å². The van der Waals surface area contributed by atoms with Crippen molar-refractivity contribution in [1.29, 1.82) is 0 Å². The molecule has 0 radical (unpaired) electrons. The highest BCUT2D eigenvalue weighted by Crippen LogP contribution is 2.20. The number of nitrogens with one attached hydrogen (secondary N) is 1. The molecule has 0 atom stereocenters. The maximum absolute atomic E-state index is 5.19. The lowest BCUT2D eigenvalue weighted by Gasteiger charge is -2.00. The van der Waals surface area contributed by atoms with Crippen LogP contribution in [0.3, 0.4) is 0 Å². The molecule has 0 saturated heterocycles. The first-order chi connectivity index (χ1) is 8.85. The molecule has 2 aromatic rings. The predicted molar refractivity (Wildman–Crippen MR) is 68.8 cm³/mol. The highest BCUT2D eigenvalue weighted by Gasteiger charge is 2.11. The lowest BCUT2D eigenvalue weighted by molar-refractivity contribution is 0.370. The van der Waals surface area contributed by atoms with Crippen molar-refractivity contribution in [2.45, 2.75) is 19.9 Å². The standard InChI is InChI=1S/C13H16N4O/c1-3-6-14-9-12-16-13(17-18-12)11-5-7-15-8-10(11)4-2/h3,5,7-8,14H,1,4,6,9H2,2H3. The van der Waals surface area contributed by atoms with Crippen LogP contribution in [0, 0.1) is 0 Å². The SMILES string of the molecule is C=CCNCc1nc(-c2ccncc2CC)no1. The van der Waals surface area contributed by atoms with E-state index in [0.29, 0.717) is 24.8 Å². The molecular weight excluding hydrogens is 228 g/mol. The molecular formula is C13H16N4O. The lowest BCUT2D eigenvalue weighted by Crippen LogP contribution is -2.12. The fraction of sp³-hybridized carbons (Fsp3) is 0.308. The molecule has 5 nitrogen and oxygen atoms in total. The molecule has 2 rings (SSSR count). The fourth-order valence-corrected chi connectivity index (χ4v) is 1.64. The first-order valence-electron chi connectivity index (χ1n) is 5.92. The van der Waals surface area contributed by atoms with E-state index in [1.54, 1.807) is 12.3 Å². The van der Waals surface area contributed by atoms with Gasteiger partial charge in [-0.3, -0.25) is 4.98 Å². The van der Waals surface area contributed by atoms with Gasteiger partial charge in [0.1, 0.15) is 0 Å². The molecule has 2 aromatic heterocycles. The van der Waals surface area contributed by atoms with Gasteiger partial charge in [0.15, 0.2) is 0 Å². The van der Waals surface area contributed by atoms with Crippen molar-refractivity contribution in [3.63, 3.8) is 0 Å². The van der Waals surface area contributed by atoms with E-state index in [9.17, 15) is 0 Å². The van der Waals surface area contributed by atoms with Crippen LogP contribution in [0.5, 0.6) is 0 Å². The average Bonchev–Trinajstić information content (AvgIpc) is 2.88. The number of hydrogen-bond donors (Lipinski definition) is 1. The van der Waals surface area contributed by atoms with Gasteiger partial charge in [0.2, 0.25) is 11.7 Å². The summed E-state index contributed by atoms with van der Waals surface area (Å²) in [4.78, 5) is 8.46. The van der Waals surface area contributed by atoms with E-state index in [1.165, 1.54) is 0 Å². The van der Waals surface area contributed by atoms with Crippen molar-refractivity contribution >= 4 is 0 Å². The van der Waals surface area contributed by atoms with Gasteiger partial charge in [-0.1, -0.05) is 18.2 Å². The topological polar surface area (TPSA) is 63.8 Å². The summed E-state index contributed by atoms with van der Waals surface area (Å²) in [7, 11) is 0. The van der Waals surface area contributed by atoms with Crippen molar-refractivity contribution in [2.75, 3.05) is 6.54 Å². The maximum Gasteiger partial charge on any atom is 0.240 e. The summed E-state index contributed by atoms with van der Waals surface area (Å²) in [5.41, 5.74) is 2.09. The number of hydrogen-bond acceptors (Lipinski definition) is 5. The molecule has 5 heteroatoms. The molecule has 0 fully saturated rings. The molecule has 2 heterocycles. The number of rotatable bonds is 6. The van der Waals surface area contributed by atoms with Gasteiger partial charge in [0.05, 0.1) is 6.54 Å². The van der Waals surface area contributed by atoms with Crippen LogP contribution in [0.1, 0.15) is 18.4 Å². The van der Waals surface area contributed by atoms with Gasteiger partial charge in [0, 0.05) is 24.5 Å². The molecule has 0 aliphatic carbocycles. The van der Waals surface area contributed by atoms with E-state index < -0.39 is 0 Å². The molecule has 1 N–H and O–H groups in total. The van der Waals surface area contributed by atoms with Crippen LogP contribution < -0.4 is 5.32 Å². The molecule has 0 saturated carbocycles. The Morgan fingerprint density at radius 3 is 3.17 bits per heavy atom. The molecule has 0 bridgehead atoms. The first kappa shape index (κ1) is 12.4. The second-order valence-corrected chi connectivity index (χ2v) is 3.82. The third-order valence-electron chi connectivity index (χ3n) is 2.56. The van der Waals surface area contributed by atoms with Gasteiger partial charge in [-0.05, 0) is 18.1 Å². The second kappa shape index (κ2) is 6.07. The summed E-state index contributed by atoms with van der Waals surface area (Å²) in [5, 5.41) is 7.11. The van der Waals surface area contributed by atoms with Crippen LogP contribution in [0.15, 0.2) is 35.6 Å². The molecule has 0 amide bonds. The Morgan fingerprint density at radius 1 is 1.50 bits per heavy atom. The van der Waals surface area contributed by atoms with E-state index in [0.717, 1.165) is 17.5 Å². The number of aromatic nitrogens is 3. The van der Waals surface area contributed by atoms with E-state index in [1.807, 2.05) is 12.3 Å². The zero-order valence-electron chi connectivity index (χ0n) is 10.4. The quantitative estimate of drug-likeness (QED) is 0.621. The van der Waals surface area contributed by atoms with Crippen molar-refractivity contribution in [3.8, 4) is 11.4 Å². The van der Waals surface area contributed by atoms with Crippen LogP contribution in [0.2, 0.25) is 0 Å². The van der Waals surface area contributed by atoms with Gasteiger partial charge in [-0.2, -0.15) is 4.98 Å². The molecule has 94 valence electrons. The zero-order valence-corrected chi connectivity index (χ0v) is 10.4. The normalized spacial score (nSPS) is 10.5. The van der Waals surface area contributed by atoms with Crippen molar-refractivity contribution in [2.24, 2.45) is 0 Å². The van der Waals surface area contributed by atoms with Gasteiger partial charge in [-0.25, -0.2) is 0 Å². The first-order valence-corrected chi connectivity index (χ1v) is 5.92. The third-order valence-corrected chi connectivity index (χ3v) is 2.56. The summed E-state index contributed by atoms with van der Waals surface area (Å²) in [6.07, 6.45) is 6.25. The molecule has 18 heavy (non-hydrogen) atoms. The molecule has 0 unspecified atom stereocenters. The smallest absolute Gasteiger partial charge is 0.240 e. The minimum Gasteiger partial charge on any atom is -0.338 e. The summed E-state index contributed by atoms with van der Waals surface area (Å²) in [6, 6.07) is 1.91.